The van der Waals surface area contributed by atoms with Crippen molar-refractivity contribution < 1.29 is 14.2 Å². The smallest absolute Gasteiger partial charge is 0.322 e. The minimum atomic E-state index is 0.244. The molecule has 1 aromatic carbocycles. The highest BCUT2D eigenvalue weighted by molar-refractivity contribution is 5.47. The summed E-state index contributed by atoms with van der Waals surface area (Å²) in [4.78, 5) is 7.77. The molecule has 16 heavy (non-hydrogen) atoms. The summed E-state index contributed by atoms with van der Waals surface area (Å²) in [5, 5.41) is 0. The van der Waals surface area contributed by atoms with Gasteiger partial charge in [-0.15, -0.1) is 0 Å². The van der Waals surface area contributed by atoms with Crippen LogP contribution < -0.4 is 14.2 Å². The molecule has 0 atom stereocenters. The maximum absolute atomic E-state index is 5.41. The van der Waals surface area contributed by atoms with Crippen molar-refractivity contribution in [1.29, 1.82) is 0 Å². The summed E-state index contributed by atoms with van der Waals surface area (Å²) < 4.78 is 15.8. The van der Waals surface area contributed by atoms with Gasteiger partial charge in [0.05, 0.1) is 6.20 Å². The van der Waals surface area contributed by atoms with E-state index in [1.165, 1.54) is 0 Å². The van der Waals surface area contributed by atoms with E-state index in [2.05, 4.69) is 16.2 Å². The third-order valence-corrected chi connectivity index (χ3v) is 2.05. The molecule has 5 nitrogen and oxygen atoms in total. The van der Waals surface area contributed by atoms with E-state index in [9.17, 15) is 0 Å². The Labute approximate surface area is 91.6 Å². The molecule has 1 aliphatic rings. The third kappa shape index (κ3) is 1.63. The average molecular weight is 215 g/mol. The van der Waals surface area contributed by atoms with Crippen LogP contribution in [0.15, 0.2) is 30.5 Å². The molecule has 0 saturated heterocycles. The zero-order valence-corrected chi connectivity index (χ0v) is 8.21. The molecule has 2 aromatic rings. The number of hydrogen-bond donors (Lipinski definition) is 0. The van der Waals surface area contributed by atoms with Crippen LogP contribution in [0.2, 0.25) is 0 Å². The molecule has 0 aliphatic carbocycles. The Morgan fingerprint density at radius 2 is 2.19 bits per heavy atom. The van der Waals surface area contributed by atoms with Crippen molar-refractivity contribution in [3.8, 4) is 23.3 Å². The van der Waals surface area contributed by atoms with Gasteiger partial charge in [0, 0.05) is 12.3 Å². The van der Waals surface area contributed by atoms with Crippen molar-refractivity contribution in [3.63, 3.8) is 0 Å². The minimum Gasteiger partial charge on any atom is -0.454 e. The number of fused-ring (bicyclic) bond motifs is 1. The van der Waals surface area contributed by atoms with Gasteiger partial charge in [-0.2, -0.15) is 4.98 Å². The Bertz CT molecular complexity index is 502. The van der Waals surface area contributed by atoms with E-state index in [4.69, 9.17) is 14.2 Å². The molecule has 0 fully saturated rings. The predicted molar refractivity (Wildman–Crippen MR) is 53.5 cm³/mol. The summed E-state index contributed by atoms with van der Waals surface area (Å²) in [6, 6.07) is 7.14. The Morgan fingerprint density at radius 3 is 3.06 bits per heavy atom. The molecule has 0 unspecified atom stereocenters. The Morgan fingerprint density at radius 1 is 1.25 bits per heavy atom. The normalized spacial score (nSPS) is 12.5. The Kier molecular flexibility index (Phi) is 2.07. The zero-order valence-electron chi connectivity index (χ0n) is 8.21. The second kappa shape index (κ2) is 3.69. The summed E-state index contributed by atoms with van der Waals surface area (Å²) in [6.07, 6.45) is 4.20. The van der Waals surface area contributed by atoms with Crippen molar-refractivity contribution in [3.05, 3.63) is 36.7 Å². The van der Waals surface area contributed by atoms with E-state index in [0.717, 1.165) is 0 Å². The Balaban J connectivity index is 1.86. The van der Waals surface area contributed by atoms with E-state index >= 15 is 0 Å². The van der Waals surface area contributed by atoms with Gasteiger partial charge >= 0.3 is 6.01 Å². The number of aromatic nitrogens is 2. The van der Waals surface area contributed by atoms with Gasteiger partial charge in [-0.3, -0.25) is 0 Å². The van der Waals surface area contributed by atoms with Crippen LogP contribution in [0.25, 0.3) is 0 Å². The lowest BCUT2D eigenvalue weighted by atomic mass is 10.3. The molecular weight excluding hydrogens is 208 g/mol. The fraction of sp³-hybridized carbons (Fsp3) is 0.0909. The molecule has 1 radical (unpaired) electrons. The first kappa shape index (κ1) is 8.96. The summed E-state index contributed by atoms with van der Waals surface area (Å²) in [5.41, 5.74) is 0. The van der Waals surface area contributed by atoms with Crippen LogP contribution in [0.3, 0.4) is 0 Å². The lowest BCUT2D eigenvalue weighted by molar-refractivity contribution is 0.174. The standard InChI is InChI=1S/C11H7N2O3/c1-4-12-11(13-5-1)16-8-2-3-9-10(6-8)15-7-14-9/h1-4,6H,7H2. The first-order valence-electron chi connectivity index (χ1n) is 4.68. The van der Waals surface area contributed by atoms with Crippen molar-refractivity contribution in [2.24, 2.45) is 0 Å². The highest BCUT2D eigenvalue weighted by Crippen LogP contribution is 2.35. The van der Waals surface area contributed by atoms with E-state index in [1.807, 2.05) is 0 Å². The number of rotatable bonds is 2. The first-order valence-corrected chi connectivity index (χ1v) is 4.68. The molecule has 1 aliphatic heterocycles. The fourth-order valence-corrected chi connectivity index (χ4v) is 1.35. The summed E-state index contributed by atoms with van der Waals surface area (Å²) in [7, 11) is 0. The number of benzene rings is 1. The molecule has 79 valence electrons. The topological polar surface area (TPSA) is 53.5 Å². The second-order valence-electron chi connectivity index (χ2n) is 3.09. The lowest BCUT2D eigenvalue weighted by Gasteiger charge is -2.03. The largest absolute Gasteiger partial charge is 0.454 e. The predicted octanol–water partition coefficient (Wildman–Crippen LogP) is 1.80. The maximum atomic E-state index is 5.41. The van der Waals surface area contributed by atoms with Crippen molar-refractivity contribution >= 4 is 0 Å². The molecule has 0 bridgehead atoms. The fourth-order valence-electron chi connectivity index (χ4n) is 1.35. The first-order chi connectivity index (χ1) is 7.92. The molecule has 0 amide bonds. The van der Waals surface area contributed by atoms with E-state index in [-0.39, 0.29) is 12.8 Å². The van der Waals surface area contributed by atoms with Crippen LogP contribution >= 0.6 is 0 Å². The minimum absolute atomic E-state index is 0.244. The van der Waals surface area contributed by atoms with Crippen LogP contribution in [0.1, 0.15) is 0 Å². The highest BCUT2D eigenvalue weighted by atomic mass is 16.7. The third-order valence-electron chi connectivity index (χ3n) is 2.05. The number of nitrogens with zero attached hydrogens (tertiary/aromatic N) is 2. The molecule has 5 heteroatoms. The van der Waals surface area contributed by atoms with Gasteiger partial charge in [0.25, 0.3) is 0 Å². The van der Waals surface area contributed by atoms with Crippen LogP contribution in [-0.4, -0.2) is 16.8 Å². The average Bonchev–Trinajstić information content (AvgIpc) is 2.77. The molecule has 0 N–H and O–H groups in total. The van der Waals surface area contributed by atoms with Gasteiger partial charge in [-0.05, 0) is 18.2 Å². The van der Waals surface area contributed by atoms with Crippen molar-refractivity contribution in [2.45, 2.75) is 0 Å². The van der Waals surface area contributed by atoms with Crippen LogP contribution in [0, 0.1) is 6.20 Å². The van der Waals surface area contributed by atoms with E-state index in [0.29, 0.717) is 17.2 Å². The van der Waals surface area contributed by atoms with Crippen LogP contribution in [0.5, 0.6) is 23.3 Å². The van der Waals surface area contributed by atoms with Crippen LogP contribution in [0.4, 0.5) is 0 Å². The van der Waals surface area contributed by atoms with E-state index in [1.54, 1.807) is 30.5 Å². The SMILES string of the molecule is [c]1ccnc(Oc2ccc3c(c2)OCO3)n1. The number of hydrogen-bond acceptors (Lipinski definition) is 5. The second-order valence-corrected chi connectivity index (χ2v) is 3.09. The number of ether oxygens (including phenoxy) is 3. The van der Waals surface area contributed by atoms with Gasteiger partial charge in [0.15, 0.2) is 11.5 Å². The van der Waals surface area contributed by atoms with Crippen molar-refractivity contribution in [2.75, 3.05) is 6.79 Å². The van der Waals surface area contributed by atoms with Crippen LogP contribution in [-0.2, 0) is 0 Å². The van der Waals surface area contributed by atoms with Gasteiger partial charge < -0.3 is 14.2 Å². The van der Waals surface area contributed by atoms with Gasteiger partial charge in [0.1, 0.15) is 5.75 Å². The summed E-state index contributed by atoms with van der Waals surface area (Å²) >= 11 is 0. The van der Waals surface area contributed by atoms with Crippen molar-refractivity contribution in [1.82, 2.24) is 9.97 Å². The molecule has 1 aromatic heterocycles. The van der Waals surface area contributed by atoms with Gasteiger partial charge in [-0.25, -0.2) is 4.98 Å². The molecule has 0 spiro atoms. The lowest BCUT2D eigenvalue weighted by Crippen LogP contribution is -1.93. The van der Waals surface area contributed by atoms with Gasteiger partial charge in [0.2, 0.25) is 6.79 Å². The summed E-state index contributed by atoms with van der Waals surface area (Å²) in [6.45, 7) is 0.244. The monoisotopic (exact) mass is 215 g/mol. The molecule has 0 saturated carbocycles. The van der Waals surface area contributed by atoms with Gasteiger partial charge in [-0.1, -0.05) is 0 Å². The maximum Gasteiger partial charge on any atom is 0.322 e. The molecule has 3 rings (SSSR count). The van der Waals surface area contributed by atoms with E-state index < -0.39 is 0 Å². The summed E-state index contributed by atoms with van der Waals surface area (Å²) in [5.74, 6) is 1.98. The zero-order chi connectivity index (χ0) is 10.8. The highest BCUT2D eigenvalue weighted by Gasteiger charge is 2.14. The molecule has 2 heterocycles. The quantitative estimate of drug-likeness (QED) is 0.764. The molecular formula is C11H7N2O3. The Hall–Kier alpha value is -2.30.